The molecule has 29 heavy (non-hydrogen) atoms. The quantitative estimate of drug-likeness (QED) is 0.688. The van der Waals surface area contributed by atoms with Crippen LogP contribution in [-0.2, 0) is 9.59 Å². The van der Waals surface area contributed by atoms with Gasteiger partial charge in [-0.05, 0) is 65.6 Å². The summed E-state index contributed by atoms with van der Waals surface area (Å²) in [5, 5.41) is 14.3. The molecule has 0 spiro atoms. The van der Waals surface area contributed by atoms with Crippen molar-refractivity contribution in [1.82, 2.24) is 5.32 Å². The molecule has 2 N–H and O–H groups in total. The maximum atomic E-state index is 12.9. The fourth-order valence-corrected chi connectivity index (χ4v) is 3.61. The summed E-state index contributed by atoms with van der Waals surface area (Å²) < 4.78 is 5.16. The number of nitrogens with zero attached hydrogens (tertiary/aromatic N) is 1. The van der Waals surface area contributed by atoms with Crippen LogP contribution in [0, 0.1) is 11.3 Å². The molecule has 0 heterocycles. The second kappa shape index (κ2) is 9.99. The van der Waals surface area contributed by atoms with E-state index in [-0.39, 0.29) is 24.7 Å². The monoisotopic (exact) mass is 413 g/mol. The van der Waals surface area contributed by atoms with Gasteiger partial charge in [-0.1, -0.05) is 12.1 Å². The molecule has 0 radical (unpaired) electrons. The van der Waals surface area contributed by atoms with Crippen molar-refractivity contribution < 1.29 is 14.3 Å². The zero-order chi connectivity index (χ0) is 21.4. The van der Waals surface area contributed by atoms with Crippen molar-refractivity contribution in [1.29, 1.82) is 5.26 Å². The standard InChI is InChI=1S/C22H27N3O3S/c1-28-18-11-7-16(8-12-18)21(25-20(26)6-5-15-23)22(27)24-17-9-13-19(14-10-17)29(2,3)4/h7-14,21H,5-6H2,1-4H3,(H,24,27)(H,25,26). The molecule has 0 aromatic heterocycles. The van der Waals surface area contributed by atoms with Crippen molar-refractivity contribution >= 4 is 27.5 Å². The minimum absolute atomic E-state index is 0.0412. The summed E-state index contributed by atoms with van der Waals surface area (Å²) in [6.45, 7) is 0. The molecule has 7 heteroatoms. The highest BCUT2D eigenvalue weighted by Crippen LogP contribution is 2.45. The topological polar surface area (TPSA) is 91.2 Å². The highest BCUT2D eigenvalue weighted by molar-refractivity contribution is 8.32. The molecule has 2 aromatic rings. The van der Waals surface area contributed by atoms with E-state index in [0.717, 1.165) is 0 Å². The molecule has 0 bridgehead atoms. The Morgan fingerprint density at radius 1 is 1.07 bits per heavy atom. The normalized spacial score (nSPS) is 12.4. The molecule has 0 fully saturated rings. The Morgan fingerprint density at radius 2 is 1.69 bits per heavy atom. The van der Waals surface area contributed by atoms with Gasteiger partial charge in [0.2, 0.25) is 5.91 Å². The second-order valence-corrected chi connectivity index (χ2v) is 11.4. The van der Waals surface area contributed by atoms with Crippen LogP contribution in [0.2, 0.25) is 0 Å². The number of carbonyl (C=O) groups excluding carboxylic acids is 2. The molecule has 6 nitrogen and oxygen atoms in total. The van der Waals surface area contributed by atoms with Crippen molar-refractivity contribution in [3.8, 4) is 11.8 Å². The van der Waals surface area contributed by atoms with E-state index in [2.05, 4.69) is 29.4 Å². The number of ether oxygens (including phenoxy) is 1. The van der Waals surface area contributed by atoms with Gasteiger partial charge in [0.1, 0.15) is 11.8 Å². The van der Waals surface area contributed by atoms with Crippen LogP contribution < -0.4 is 15.4 Å². The van der Waals surface area contributed by atoms with E-state index in [1.54, 1.807) is 31.4 Å². The van der Waals surface area contributed by atoms with Gasteiger partial charge in [-0.15, -0.1) is 0 Å². The van der Waals surface area contributed by atoms with Crippen LogP contribution in [-0.4, -0.2) is 37.7 Å². The Balaban J connectivity index is 2.20. The number of nitriles is 1. The van der Waals surface area contributed by atoms with Gasteiger partial charge in [-0.25, -0.2) is 10.0 Å². The van der Waals surface area contributed by atoms with Crippen LogP contribution in [0.4, 0.5) is 5.69 Å². The van der Waals surface area contributed by atoms with Gasteiger partial charge in [0.15, 0.2) is 0 Å². The van der Waals surface area contributed by atoms with Crippen LogP contribution in [0.3, 0.4) is 0 Å². The smallest absolute Gasteiger partial charge is 0.251 e. The van der Waals surface area contributed by atoms with E-state index in [1.807, 2.05) is 30.3 Å². The molecular weight excluding hydrogens is 386 g/mol. The van der Waals surface area contributed by atoms with Gasteiger partial charge in [-0.3, -0.25) is 9.59 Å². The van der Waals surface area contributed by atoms with Crippen LogP contribution in [0.1, 0.15) is 24.4 Å². The number of benzene rings is 2. The maximum Gasteiger partial charge on any atom is 0.251 e. The lowest BCUT2D eigenvalue weighted by atomic mass is 10.1. The summed E-state index contributed by atoms with van der Waals surface area (Å²) in [6, 6.07) is 15.8. The maximum absolute atomic E-state index is 12.9. The lowest BCUT2D eigenvalue weighted by molar-refractivity contribution is -0.126. The van der Waals surface area contributed by atoms with E-state index in [4.69, 9.17) is 10.00 Å². The Kier molecular flexibility index (Phi) is 7.68. The fourth-order valence-electron chi connectivity index (χ4n) is 2.66. The van der Waals surface area contributed by atoms with Crippen molar-refractivity contribution in [2.45, 2.75) is 23.8 Å². The molecule has 2 amide bonds. The summed E-state index contributed by atoms with van der Waals surface area (Å²) in [5.74, 6) is -0.0467. The number of methoxy groups -OCH3 is 1. The van der Waals surface area contributed by atoms with Gasteiger partial charge < -0.3 is 15.4 Å². The number of amides is 2. The number of hydrogen-bond acceptors (Lipinski definition) is 4. The van der Waals surface area contributed by atoms with Crippen LogP contribution in [0.15, 0.2) is 53.4 Å². The third kappa shape index (κ3) is 6.54. The molecule has 1 atom stereocenters. The van der Waals surface area contributed by atoms with Crippen molar-refractivity contribution in [2.24, 2.45) is 0 Å². The van der Waals surface area contributed by atoms with Crippen molar-refractivity contribution in [3.05, 3.63) is 54.1 Å². The molecule has 0 aliphatic heterocycles. The molecular formula is C22H27N3O3S. The van der Waals surface area contributed by atoms with E-state index < -0.39 is 16.1 Å². The van der Waals surface area contributed by atoms with Crippen LogP contribution in [0.5, 0.6) is 5.75 Å². The highest BCUT2D eigenvalue weighted by atomic mass is 32.3. The first-order valence-corrected chi connectivity index (χ1v) is 12.0. The van der Waals surface area contributed by atoms with Gasteiger partial charge in [0.05, 0.1) is 13.2 Å². The van der Waals surface area contributed by atoms with E-state index in [1.165, 1.54) is 4.90 Å². The molecule has 154 valence electrons. The summed E-state index contributed by atoms with van der Waals surface area (Å²) >= 11 is 0. The third-order valence-corrected chi connectivity index (χ3v) is 6.00. The van der Waals surface area contributed by atoms with Crippen LogP contribution >= 0.6 is 10.0 Å². The lowest BCUT2D eigenvalue weighted by Gasteiger charge is -2.26. The number of anilines is 1. The minimum atomic E-state index is -0.875. The third-order valence-electron chi connectivity index (χ3n) is 4.31. The Morgan fingerprint density at radius 3 is 2.21 bits per heavy atom. The number of carbonyl (C=O) groups is 2. The molecule has 0 aliphatic rings. The average molecular weight is 414 g/mol. The summed E-state index contributed by atoms with van der Waals surface area (Å²) in [7, 11) is 0.715. The predicted octanol–water partition coefficient (Wildman–Crippen LogP) is 3.85. The molecule has 1 unspecified atom stereocenters. The van der Waals surface area contributed by atoms with Gasteiger partial charge >= 0.3 is 0 Å². The number of hydrogen-bond donors (Lipinski definition) is 2. The molecule has 2 aromatic carbocycles. The predicted molar refractivity (Wildman–Crippen MR) is 117 cm³/mol. The molecule has 0 aliphatic carbocycles. The van der Waals surface area contributed by atoms with Gasteiger partial charge in [0, 0.05) is 18.5 Å². The summed E-state index contributed by atoms with van der Waals surface area (Å²) in [5.41, 5.74) is 1.29. The largest absolute Gasteiger partial charge is 0.497 e. The van der Waals surface area contributed by atoms with Crippen molar-refractivity contribution in [2.75, 3.05) is 31.2 Å². The Labute approximate surface area is 173 Å². The SMILES string of the molecule is COc1ccc(C(NC(=O)CCC#N)C(=O)Nc2ccc(S(C)(C)C)cc2)cc1. The molecule has 0 saturated carbocycles. The summed E-state index contributed by atoms with van der Waals surface area (Å²) in [4.78, 5) is 26.3. The van der Waals surface area contributed by atoms with Crippen LogP contribution in [0.25, 0.3) is 0 Å². The zero-order valence-electron chi connectivity index (χ0n) is 17.2. The molecule has 0 saturated heterocycles. The number of nitrogens with one attached hydrogen (secondary N) is 2. The first-order valence-electron chi connectivity index (χ1n) is 9.14. The number of rotatable bonds is 8. The summed E-state index contributed by atoms with van der Waals surface area (Å²) in [6.07, 6.45) is 6.75. The van der Waals surface area contributed by atoms with Crippen molar-refractivity contribution in [3.63, 3.8) is 0 Å². The molecule has 2 rings (SSSR count). The van der Waals surface area contributed by atoms with Gasteiger partial charge in [0.25, 0.3) is 5.91 Å². The second-order valence-electron chi connectivity index (χ2n) is 7.28. The van der Waals surface area contributed by atoms with E-state index in [0.29, 0.717) is 17.0 Å². The van der Waals surface area contributed by atoms with E-state index in [9.17, 15) is 9.59 Å². The average Bonchev–Trinajstić information content (AvgIpc) is 2.70. The minimum Gasteiger partial charge on any atom is -0.497 e. The zero-order valence-corrected chi connectivity index (χ0v) is 18.0. The highest BCUT2D eigenvalue weighted by Gasteiger charge is 2.23. The first kappa shape index (κ1) is 22.3. The fraction of sp³-hybridized carbons (Fsp3) is 0.318. The Bertz CT molecular complexity index is 882. The Hall–Kier alpha value is -2.98. The van der Waals surface area contributed by atoms with E-state index >= 15 is 0 Å². The first-order chi connectivity index (χ1) is 13.7. The lowest BCUT2D eigenvalue weighted by Crippen LogP contribution is -2.36. The van der Waals surface area contributed by atoms with Gasteiger partial charge in [-0.2, -0.15) is 5.26 Å².